The van der Waals surface area contributed by atoms with Gasteiger partial charge in [-0.25, -0.2) is 4.98 Å². The first-order valence-electron chi connectivity index (χ1n) is 5.26. The van der Waals surface area contributed by atoms with Gasteiger partial charge in [0.1, 0.15) is 5.01 Å². The largest absolute Gasteiger partial charge is 0.395 e. The van der Waals surface area contributed by atoms with Crippen LogP contribution in [0.5, 0.6) is 0 Å². The Morgan fingerprint density at radius 1 is 1.50 bits per heavy atom. The van der Waals surface area contributed by atoms with E-state index < -0.39 is 12.6 Å². The van der Waals surface area contributed by atoms with Crippen LogP contribution in [0.15, 0.2) is 5.38 Å². The highest BCUT2D eigenvalue weighted by molar-refractivity contribution is 7.09. The van der Waals surface area contributed by atoms with Gasteiger partial charge in [-0.2, -0.15) is 13.2 Å². The van der Waals surface area contributed by atoms with E-state index in [1.807, 2.05) is 0 Å². The fraction of sp³-hybridized carbons (Fsp3) is 0.700. The number of thiazole rings is 1. The molecule has 1 unspecified atom stereocenters. The molecule has 0 radical (unpaired) electrons. The lowest BCUT2D eigenvalue weighted by atomic mass is 10.1. The van der Waals surface area contributed by atoms with Gasteiger partial charge < -0.3 is 5.32 Å². The van der Waals surface area contributed by atoms with E-state index in [1.165, 1.54) is 0 Å². The topological polar surface area (TPSA) is 24.9 Å². The third kappa shape index (κ3) is 3.45. The van der Waals surface area contributed by atoms with Gasteiger partial charge >= 0.3 is 6.18 Å². The summed E-state index contributed by atoms with van der Waals surface area (Å²) in [6, 6.07) is 0.390. The van der Waals surface area contributed by atoms with Crippen LogP contribution in [0.25, 0.3) is 0 Å². The molecule has 16 heavy (non-hydrogen) atoms. The first kappa shape index (κ1) is 11.9. The molecular formula is C10H13F3N2S. The molecule has 0 aliphatic carbocycles. The van der Waals surface area contributed by atoms with Crippen molar-refractivity contribution in [3.8, 4) is 0 Å². The first-order chi connectivity index (χ1) is 7.53. The van der Waals surface area contributed by atoms with Crippen LogP contribution in [0, 0.1) is 0 Å². The molecule has 0 aromatic carbocycles. The van der Waals surface area contributed by atoms with Gasteiger partial charge in [-0.05, 0) is 19.4 Å². The number of nitrogens with zero attached hydrogens (tertiary/aromatic N) is 1. The Balaban J connectivity index is 1.91. The summed E-state index contributed by atoms with van der Waals surface area (Å²) < 4.78 is 36.3. The van der Waals surface area contributed by atoms with E-state index >= 15 is 0 Å². The van der Waals surface area contributed by atoms with Crippen LogP contribution in [0.3, 0.4) is 0 Å². The molecular weight excluding hydrogens is 237 g/mol. The highest BCUT2D eigenvalue weighted by Gasteiger charge is 2.29. The number of alkyl halides is 3. The van der Waals surface area contributed by atoms with Crippen molar-refractivity contribution in [1.82, 2.24) is 10.3 Å². The maximum Gasteiger partial charge on any atom is 0.395 e. The molecule has 1 N–H and O–H groups in total. The van der Waals surface area contributed by atoms with Crippen molar-refractivity contribution in [2.75, 3.05) is 6.54 Å². The molecule has 90 valence electrons. The van der Waals surface area contributed by atoms with Crippen molar-refractivity contribution in [3.05, 3.63) is 16.1 Å². The van der Waals surface area contributed by atoms with Gasteiger partial charge in [-0.1, -0.05) is 0 Å². The van der Waals surface area contributed by atoms with Gasteiger partial charge in [0.2, 0.25) is 0 Å². The van der Waals surface area contributed by atoms with Crippen LogP contribution in [-0.2, 0) is 12.8 Å². The molecule has 6 heteroatoms. The van der Waals surface area contributed by atoms with Crippen LogP contribution in [0.2, 0.25) is 0 Å². The second-order valence-electron chi connectivity index (χ2n) is 4.02. The highest BCUT2D eigenvalue weighted by Crippen LogP contribution is 2.24. The number of nitrogens with one attached hydrogen (secondary N) is 1. The molecule has 1 fully saturated rings. The molecule has 2 nitrogen and oxygen atoms in total. The second kappa shape index (κ2) is 4.71. The molecule has 0 saturated carbocycles. The summed E-state index contributed by atoms with van der Waals surface area (Å²) in [6.07, 6.45) is -2.08. The summed E-state index contributed by atoms with van der Waals surface area (Å²) in [5, 5.41) is 5.21. The van der Waals surface area contributed by atoms with Crippen LogP contribution >= 0.6 is 11.3 Å². The van der Waals surface area contributed by atoms with Crippen molar-refractivity contribution in [1.29, 1.82) is 0 Å². The van der Waals surface area contributed by atoms with E-state index in [0.29, 0.717) is 6.04 Å². The van der Waals surface area contributed by atoms with Gasteiger partial charge in [0.15, 0.2) is 0 Å². The Labute approximate surface area is 95.9 Å². The zero-order valence-corrected chi connectivity index (χ0v) is 9.50. The quantitative estimate of drug-likeness (QED) is 0.891. The number of hydrogen-bond acceptors (Lipinski definition) is 3. The summed E-state index contributed by atoms with van der Waals surface area (Å²) in [6.45, 7) is 1.00. The van der Waals surface area contributed by atoms with E-state index in [2.05, 4.69) is 10.3 Å². The molecule has 2 heterocycles. The van der Waals surface area contributed by atoms with Crippen LogP contribution in [-0.4, -0.2) is 23.7 Å². The minimum absolute atomic E-state index is 0.167. The minimum Gasteiger partial charge on any atom is -0.314 e. The van der Waals surface area contributed by atoms with Crippen LogP contribution in [0.1, 0.15) is 23.5 Å². The lowest BCUT2D eigenvalue weighted by Crippen LogP contribution is -2.23. The van der Waals surface area contributed by atoms with Crippen molar-refractivity contribution < 1.29 is 13.2 Å². The average molecular weight is 250 g/mol. The van der Waals surface area contributed by atoms with Crippen molar-refractivity contribution >= 4 is 11.3 Å². The number of aromatic nitrogens is 1. The van der Waals surface area contributed by atoms with Crippen LogP contribution in [0.4, 0.5) is 13.2 Å². The van der Waals surface area contributed by atoms with Crippen molar-refractivity contribution in [2.24, 2.45) is 0 Å². The summed E-state index contributed by atoms with van der Waals surface area (Å²) in [7, 11) is 0. The molecule has 1 aliphatic heterocycles. The predicted molar refractivity (Wildman–Crippen MR) is 56.6 cm³/mol. The number of hydrogen-bond donors (Lipinski definition) is 1. The molecule has 2 rings (SSSR count). The zero-order chi connectivity index (χ0) is 11.6. The van der Waals surface area contributed by atoms with Crippen molar-refractivity contribution in [3.63, 3.8) is 0 Å². The second-order valence-corrected chi connectivity index (χ2v) is 4.96. The number of rotatable bonds is 3. The normalized spacial score (nSPS) is 21.6. The monoisotopic (exact) mass is 250 g/mol. The van der Waals surface area contributed by atoms with E-state index in [1.54, 1.807) is 5.38 Å². The maximum atomic E-state index is 12.1. The van der Waals surface area contributed by atoms with E-state index in [9.17, 15) is 13.2 Å². The Morgan fingerprint density at radius 2 is 2.31 bits per heavy atom. The van der Waals surface area contributed by atoms with Gasteiger partial charge in [0, 0.05) is 17.8 Å². The van der Waals surface area contributed by atoms with Crippen LogP contribution < -0.4 is 5.32 Å². The Bertz CT molecular complexity index is 342. The maximum absolute atomic E-state index is 12.1. The Kier molecular flexibility index (Phi) is 3.49. The standard InChI is InChI=1S/C10H13F3N2S/c11-10(12,13)5-9-15-8(6-16-9)4-7-2-1-3-14-7/h6-7,14H,1-5H2. The molecule has 1 aromatic heterocycles. The third-order valence-corrected chi connectivity index (χ3v) is 3.47. The lowest BCUT2D eigenvalue weighted by molar-refractivity contribution is -0.127. The van der Waals surface area contributed by atoms with Gasteiger partial charge in [0.05, 0.1) is 12.1 Å². The smallest absolute Gasteiger partial charge is 0.314 e. The molecule has 1 aliphatic rings. The summed E-state index contributed by atoms with van der Waals surface area (Å²) in [5.74, 6) is 0. The minimum atomic E-state index is -4.15. The zero-order valence-electron chi connectivity index (χ0n) is 8.68. The fourth-order valence-electron chi connectivity index (χ4n) is 1.88. The lowest BCUT2D eigenvalue weighted by Gasteiger charge is -2.06. The number of halogens is 3. The van der Waals surface area contributed by atoms with Crippen molar-refractivity contribution in [2.45, 2.75) is 37.9 Å². The molecule has 1 atom stereocenters. The Hall–Kier alpha value is -0.620. The fourth-order valence-corrected chi connectivity index (χ4v) is 2.72. The Morgan fingerprint density at radius 3 is 2.94 bits per heavy atom. The summed E-state index contributed by atoms with van der Waals surface area (Å²) >= 11 is 1.10. The average Bonchev–Trinajstić information content (AvgIpc) is 2.75. The first-order valence-corrected chi connectivity index (χ1v) is 6.14. The third-order valence-electron chi connectivity index (χ3n) is 2.57. The molecule has 0 amide bonds. The molecule has 0 bridgehead atoms. The van der Waals surface area contributed by atoms with E-state index in [-0.39, 0.29) is 5.01 Å². The van der Waals surface area contributed by atoms with E-state index in [0.717, 1.165) is 42.8 Å². The van der Waals surface area contributed by atoms with Gasteiger partial charge in [-0.15, -0.1) is 11.3 Å². The molecule has 1 saturated heterocycles. The summed E-state index contributed by atoms with van der Waals surface area (Å²) in [4.78, 5) is 4.02. The predicted octanol–water partition coefficient (Wildman–Crippen LogP) is 2.54. The highest BCUT2D eigenvalue weighted by atomic mass is 32.1. The van der Waals surface area contributed by atoms with E-state index in [4.69, 9.17) is 0 Å². The SMILES string of the molecule is FC(F)(F)Cc1nc(CC2CCCN2)cs1. The molecule has 1 aromatic rings. The van der Waals surface area contributed by atoms with Gasteiger partial charge in [-0.3, -0.25) is 0 Å². The molecule has 0 spiro atoms. The van der Waals surface area contributed by atoms with Gasteiger partial charge in [0.25, 0.3) is 0 Å². The summed E-state index contributed by atoms with van der Waals surface area (Å²) in [5.41, 5.74) is 0.781.